The average molecular weight is 270 g/mol. The van der Waals surface area contributed by atoms with Gasteiger partial charge in [-0.25, -0.2) is 0 Å². The molecule has 0 aromatic heterocycles. The third-order valence-corrected chi connectivity index (χ3v) is 3.08. The lowest BCUT2D eigenvalue weighted by Gasteiger charge is -2.18. The van der Waals surface area contributed by atoms with Crippen LogP contribution in [0.3, 0.4) is 0 Å². The van der Waals surface area contributed by atoms with Crippen molar-refractivity contribution in [3.63, 3.8) is 0 Å². The largest absolute Gasteiger partial charge is 0.399 e. The number of hydrogen-bond donors (Lipinski definition) is 2. The van der Waals surface area contributed by atoms with E-state index in [1.54, 1.807) is 12.1 Å². The van der Waals surface area contributed by atoms with E-state index < -0.39 is 0 Å². The van der Waals surface area contributed by atoms with Gasteiger partial charge in [0.1, 0.15) is 0 Å². The Hall–Kier alpha value is -1.42. The molecule has 100 valence electrons. The minimum Gasteiger partial charge on any atom is -0.399 e. The number of nitrogens with two attached hydrogens (primary N) is 1. The van der Waals surface area contributed by atoms with Gasteiger partial charge in [0.25, 0.3) is 0 Å². The van der Waals surface area contributed by atoms with Crippen molar-refractivity contribution in [1.82, 2.24) is 4.90 Å². The molecule has 0 aliphatic rings. The molecule has 1 aromatic carbocycles. The molecule has 0 fully saturated rings. The lowest BCUT2D eigenvalue weighted by Crippen LogP contribution is -2.31. The van der Waals surface area contributed by atoms with Crippen molar-refractivity contribution >= 4 is 28.9 Å². The molecule has 0 unspecified atom stereocenters. The second-order valence-electron chi connectivity index (χ2n) is 3.98. The van der Waals surface area contributed by atoms with E-state index >= 15 is 0 Å². The number of carbonyl (C=O) groups is 1. The molecule has 0 bridgehead atoms. The Morgan fingerprint density at radius 2 is 2.06 bits per heavy atom. The van der Waals surface area contributed by atoms with Gasteiger partial charge in [-0.05, 0) is 32.0 Å². The van der Waals surface area contributed by atoms with E-state index in [0.29, 0.717) is 23.7 Å². The molecule has 0 atom stereocenters. The van der Waals surface area contributed by atoms with Crippen LogP contribution in [0.5, 0.6) is 0 Å². The predicted molar refractivity (Wildman–Crippen MR) is 76.9 cm³/mol. The van der Waals surface area contributed by atoms with Crippen LogP contribution in [0.1, 0.15) is 20.3 Å². The standard InChI is InChI=1S/C13H20ClN3O/c1-3-17(4-2)13(18)7-8-16-12-6-5-10(15)9-11(12)14/h5-6,9,16H,3-4,7-8,15H2,1-2H3. The van der Waals surface area contributed by atoms with Crippen LogP contribution in [0.2, 0.25) is 5.02 Å². The molecular formula is C13H20ClN3O. The summed E-state index contributed by atoms with van der Waals surface area (Å²) in [6.07, 6.45) is 0.461. The van der Waals surface area contributed by atoms with E-state index in [4.69, 9.17) is 17.3 Å². The molecule has 0 aliphatic heterocycles. The van der Waals surface area contributed by atoms with Crippen LogP contribution in [0, 0.1) is 0 Å². The summed E-state index contributed by atoms with van der Waals surface area (Å²) in [5, 5.41) is 3.71. The van der Waals surface area contributed by atoms with Crippen molar-refractivity contribution in [3.05, 3.63) is 23.2 Å². The Morgan fingerprint density at radius 1 is 1.39 bits per heavy atom. The summed E-state index contributed by atoms with van der Waals surface area (Å²) in [5.74, 6) is 0.152. The molecule has 1 aromatic rings. The molecule has 5 heteroatoms. The van der Waals surface area contributed by atoms with Crippen molar-refractivity contribution in [1.29, 1.82) is 0 Å². The fraction of sp³-hybridized carbons (Fsp3) is 0.462. The van der Waals surface area contributed by atoms with Crippen molar-refractivity contribution in [2.75, 3.05) is 30.7 Å². The monoisotopic (exact) mass is 269 g/mol. The minimum absolute atomic E-state index is 0.152. The molecule has 3 N–H and O–H groups in total. The Labute approximate surface area is 113 Å². The number of benzene rings is 1. The number of nitrogens with one attached hydrogen (secondary N) is 1. The molecule has 0 spiro atoms. The number of halogens is 1. The Bertz CT molecular complexity index is 405. The summed E-state index contributed by atoms with van der Waals surface area (Å²) in [4.78, 5) is 13.6. The molecule has 0 aliphatic carbocycles. The van der Waals surface area contributed by atoms with Gasteiger partial charge in [0, 0.05) is 31.7 Å². The van der Waals surface area contributed by atoms with Gasteiger partial charge >= 0.3 is 0 Å². The fourth-order valence-electron chi connectivity index (χ4n) is 1.71. The Kier molecular flexibility index (Phi) is 5.78. The van der Waals surface area contributed by atoms with E-state index in [0.717, 1.165) is 18.8 Å². The fourth-order valence-corrected chi connectivity index (χ4v) is 1.97. The number of amides is 1. The summed E-state index contributed by atoms with van der Waals surface area (Å²) in [6, 6.07) is 5.29. The van der Waals surface area contributed by atoms with Crippen LogP contribution >= 0.6 is 11.6 Å². The molecule has 0 radical (unpaired) electrons. The summed E-state index contributed by atoms with van der Waals surface area (Å²) < 4.78 is 0. The lowest BCUT2D eigenvalue weighted by molar-refractivity contribution is -0.130. The van der Waals surface area contributed by atoms with Gasteiger partial charge in [0.2, 0.25) is 5.91 Å². The van der Waals surface area contributed by atoms with E-state index in [2.05, 4.69) is 5.32 Å². The first-order chi connectivity index (χ1) is 8.58. The third kappa shape index (κ3) is 4.11. The quantitative estimate of drug-likeness (QED) is 0.781. The van der Waals surface area contributed by atoms with Gasteiger partial charge in [-0.2, -0.15) is 0 Å². The maximum absolute atomic E-state index is 11.8. The maximum Gasteiger partial charge on any atom is 0.224 e. The van der Waals surface area contributed by atoms with Crippen molar-refractivity contribution in [3.8, 4) is 0 Å². The average Bonchev–Trinajstić information content (AvgIpc) is 2.33. The molecule has 0 heterocycles. The van der Waals surface area contributed by atoms with Crippen molar-refractivity contribution in [2.45, 2.75) is 20.3 Å². The predicted octanol–water partition coefficient (Wildman–Crippen LogP) is 2.59. The van der Waals surface area contributed by atoms with Crippen LogP contribution in [0.25, 0.3) is 0 Å². The summed E-state index contributed by atoms with van der Waals surface area (Å²) in [6.45, 7) is 6.02. The highest BCUT2D eigenvalue weighted by atomic mass is 35.5. The zero-order chi connectivity index (χ0) is 13.5. The normalized spacial score (nSPS) is 10.2. The Morgan fingerprint density at radius 3 is 2.61 bits per heavy atom. The second-order valence-corrected chi connectivity index (χ2v) is 4.39. The molecule has 18 heavy (non-hydrogen) atoms. The topological polar surface area (TPSA) is 58.4 Å². The van der Waals surface area contributed by atoms with Crippen LogP contribution in [0.4, 0.5) is 11.4 Å². The number of hydrogen-bond acceptors (Lipinski definition) is 3. The van der Waals surface area contributed by atoms with Crippen LogP contribution in [-0.2, 0) is 4.79 Å². The maximum atomic E-state index is 11.8. The minimum atomic E-state index is 0.152. The number of anilines is 2. The van der Waals surface area contributed by atoms with E-state index in [1.165, 1.54) is 0 Å². The second kappa shape index (κ2) is 7.11. The van der Waals surface area contributed by atoms with Gasteiger partial charge in [-0.3, -0.25) is 4.79 Å². The van der Waals surface area contributed by atoms with Crippen molar-refractivity contribution in [2.24, 2.45) is 0 Å². The SMILES string of the molecule is CCN(CC)C(=O)CCNc1ccc(N)cc1Cl. The van der Waals surface area contributed by atoms with Crippen molar-refractivity contribution < 1.29 is 4.79 Å². The zero-order valence-corrected chi connectivity index (χ0v) is 11.6. The van der Waals surface area contributed by atoms with Gasteiger partial charge in [-0.15, -0.1) is 0 Å². The van der Waals surface area contributed by atoms with Gasteiger partial charge < -0.3 is 16.0 Å². The summed E-state index contributed by atoms with van der Waals surface area (Å²) in [5.41, 5.74) is 7.04. The highest BCUT2D eigenvalue weighted by Crippen LogP contribution is 2.23. The first-order valence-corrected chi connectivity index (χ1v) is 6.53. The molecule has 1 amide bonds. The molecular weight excluding hydrogens is 250 g/mol. The number of nitrogen functional groups attached to an aromatic ring is 1. The van der Waals surface area contributed by atoms with Gasteiger partial charge in [0.05, 0.1) is 10.7 Å². The molecule has 0 saturated heterocycles. The van der Waals surface area contributed by atoms with E-state index in [-0.39, 0.29) is 5.91 Å². The first kappa shape index (κ1) is 14.6. The Balaban J connectivity index is 2.44. The number of rotatable bonds is 6. The third-order valence-electron chi connectivity index (χ3n) is 2.76. The first-order valence-electron chi connectivity index (χ1n) is 6.15. The zero-order valence-electron chi connectivity index (χ0n) is 10.9. The molecule has 4 nitrogen and oxygen atoms in total. The van der Waals surface area contributed by atoms with Gasteiger partial charge in [-0.1, -0.05) is 11.6 Å². The van der Waals surface area contributed by atoms with E-state index in [1.807, 2.05) is 24.8 Å². The number of nitrogens with zero attached hydrogens (tertiary/aromatic N) is 1. The van der Waals surface area contributed by atoms with E-state index in [9.17, 15) is 4.79 Å². The van der Waals surface area contributed by atoms with Gasteiger partial charge in [0.15, 0.2) is 0 Å². The lowest BCUT2D eigenvalue weighted by atomic mass is 10.2. The van der Waals surface area contributed by atoms with Crippen LogP contribution in [-0.4, -0.2) is 30.4 Å². The smallest absolute Gasteiger partial charge is 0.224 e. The highest BCUT2D eigenvalue weighted by molar-refractivity contribution is 6.33. The molecule has 0 saturated carbocycles. The summed E-state index contributed by atoms with van der Waals surface area (Å²) >= 11 is 6.02. The van der Waals surface area contributed by atoms with Crippen LogP contribution < -0.4 is 11.1 Å². The highest BCUT2D eigenvalue weighted by Gasteiger charge is 2.09. The molecule has 1 rings (SSSR count). The summed E-state index contributed by atoms with van der Waals surface area (Å²) in [7, 11) is 0. The van der Waals surface area contributed by atoms with Crippen LogP contribution in [0.15, 0.2) is 18.2 Å². The number of carbonyl (C=O) groups excluding carboxylic acids is 1.